The van der Waals surface area contributed by atoms with Crippen LogP contribution in [0, 0.1) is 0 Å². The predicted octanol–water partition coefficient (Wildman–Crippen LogP) is 8.11. The number of aromatic nitrogens is 2. The zero-order chi connectivity index (χ0) is 24.5. The number of hydrogen-bond acceptors (Lipinski definition) is 3. The molecule has 0 amide bonds. The Morgan fingerprint density at radius 2 is 1.50 bits per heavy atom. The smallest absolute Gasteiger partial charge is 0.435 e. The fraction of sp³-hybridized carbons (Fsp3) is 0.125. The van der Waals surface area contributed by atoms with Crippen molar-refractivity contribution in [2.24, 2.45) is 0 Å². The molecule has 0 radical (unpaired) electrons. The Bertz CT molecular complexity index is 1300. The van der Waals surface area contributed by atoms with Gasteiger partial charge in [-0.1, -0.05) is 59.1 Å². The molecule has 34 heavy (non-hydrogen) atoms. The summed E-state index contributed by atoms with van der Waals surface area (Å²) in [5.41, 5.74) is 0.699. The number of para-hydroxylation sites is 1. The molecule has 0 aliphatic heterocycles. The number of rotatable bonds is 6. The third kappa shape index (κ3) is 4.97. The lowest BCUT2D eigenvalue weighted by Gasteiger charge is -2.13. The maximum Gasteiger partial charge on any atom is 0.435 e. The summed E-state index contributed by atoms with van der Waals surface area (Å²) in [5.74, 6) is 1.04. The fourth-order valence-electron chi connectivity index (χ4n) is 3.38. The number of benzene rings is 3. The summed E-state index contributed by atoms with van der Waals surface area (Å²) in [7, 11) is 1.55. The van der Waals surface area contributed by atoms with Crippen LogP contribution in [0.3, 0.4) is 0 Å². The molecule has 0 aliphatic carbocycles. The van der Waals surface area contributed by atoms with E-state index in [1.165, 1.54) is 12.1 Å². The van der Waals surface area contributed by atoms with Crippen molar-refractivity contribution in [2.45, 2.75) is 12.8 Å². The van der Waals surface area contributed by atoms with Crippen molar-refractivity contribution in [2.75, 3.05) is 7.11 Å². The second kappa shape index (κ2) is 9.78. The van der Waals surface area contributed by atoms with Gasteiger partial charge in [0.2, 0.25) is 0 Å². The third-order valence-corrected chi connectivity index (χ3v) is 5.87. The van der Waals surface area contributed by atoms with Crippen molar-refractivity contribution >= 4 is 34.8 Å². The summed E-state index contributed by atoms with van der Waals surface area (Å²) in [6, 6.07) is 17.8. The molecular formula is C24H16Cl3F3N2O2. The standard InChI is InChI=1S/C24H16Cl3F3N2O2/c1-33-20-7-3-4-17(25)22(20)14-8-10-16(11-9-14)34-13-15-12-21(24(28,29)30)31-32(15)23-18(26)5-2-6-19(23)27/h2-12H,13H2,1H3. The van der Waals surface area contributed by atoms with Crippen molar-refractivity contribution in [1.82, 2.24) is 9.78 Å². The van der Waals surface area contributed by atoms with Gasteiger partial charge in [0, 0.05) is 5.56 Å². The SMILES string of the molecule is COc1cccc(Cl)c1-c1ccc(OCc2cc(C(F)(F)F)nn2-c2c(Cl)cccc2Cl)cc1. The van der Waals surface area contributed by atoms with Crippen molar-refractivity contribution in [3.05, 3.63) is 93.2 Å². The van der Waals surface area contributed by atoms with E-state index in [4.69, 9.17) is 44.3 Å². The molecule has 0 N–H and O–H groups in total. The van der Waals surface area contributed by atoms with Crippen LogP contribution in [0.1, 0.15) is 11.4 Å². The van der Waals surface area contributed by atoms with E-state index in [0.717, 1.165) is 21.9 Å². The van der Waals surface area contributed by atoms with Crippen LogP contribution in [0.4, 0.5) is 13.2 Å². The monoisotopic (exact) mass is 526 g/mol. The number of nitrogens with zero attached hydrogens (tertiary/aromatic N) is 2. The Balaban J connectivity index is 1.63. The van der Waals surface area contributed by atoms with E-state index in [1.807, 2.05) is 0 Å². The van der Waals surface area contributed by atoms with Crippen LogP contribution in [0.5, 0.6) is 11.5 Å². The first-order valence-corrected chi connectivity index (χ1v) is 11.0. The molecular weight excluding hydrogens is 512 g/mol. The number of hydrogen-bond donors (Lipinski definition) is 0. The molecule has 4 rings (SSSR count). The maximum absolute atomic E-state index is 13.4. The minimum atomic E-state index is -4.65. The summed E-state index contributed by atoms with van der Waals surface area (Å²) in [4.78, 5) is 0. The highest BCUT2D eigenvalue weighted by Crippen LogP contribution is 2.37. The molecule has 0 bridgehead atoms. The van der Waals surface area contributed by atoms with Crippen LogP contribution in [-0.2, 0) is 12.8 Å². The Labute approximate surface area is 208 Å². The highest BCUT2D eigenvalue weighted by molar-refractivity contribution is 6.37. The van der Waals surface area contributed by atoms with Crippen LogP contribution in [0.2, 0.25) is 15.1 Å². The maximum atomic E-state index is 13.4. The molecule has 4 nitrogen and oxygen atoms in total. The first-order valence-electron chi connectivity index (χ1n) is 9.85. The van der Waals surface area contributed by atoms with Crippen LogP contribution < -0.4 is 9.47 Å². The van der Waals surface area contributed by atoms with E-state index in [0.29, 0.717) is 16.5 Å². The van der Waals surface area contributed by atoms with Crippen LogP contribution >= 0.6 is 34.8 Å². The topological polar surface area (TPSA) is 36.3 Å². The van der Waals surface area contributed by atoms with E-state index >= 15 is 0 Å². The van der Waals surface area contributed by atoms with Gasteiger partial charge in [-0.05, 0) is 48.0 Å². The molecule has 0 aliphatic rings. The average Bonchev–Trinajstić information content (AvgIpc) is 3.22. The van der Waals surface area contributed by atoms with Gasteiger partial charge in [0.25, 0.3) is 0 Å². The molecule has 10 heteroatoms. The van der Waals surface area contributed by atoms with E-state index < -0.39 is 11.9 Å². The van der Waals surface area contributed by atoms with Gasteiger partial charge in [0.05, 0.1) is 27.9 Å². The summed E-state index contributed by atoms with van der Waals surface area (Å²) in [5, 5.41) is 4.52. The second-order valence-corrected chi connectivity index (χ2v) is 8.35. The lowest BCUT2D eigenvalue weighted by molar-refractivity contribution is -0.141. The Hall–Kier alpha value is -2.87. The van der Waals surface area contributed by atoms with Gasteiger partial charge in [-0.3, -0.25) is 0 Å². The molecule has 0 atom stereocenters. The number of alkyl halides is 3. The van der Waals surface area contributed by atoms with Crippen molar-refractivity contribution in [3.8, 4) is 28.3 Å². The minimum Gasteiger partial charge on any atom is -0.496 e. The van der Waals surface area contributed by atoms with Crippen molar-refractivity contribution in [3.63, 3.8) is 0 Å². The van der Waals surface area contributed by atoms with Gasteiger partial charge >= 0.3 is 6.18 Å². The zero-order valence-electron chi connectivity index (χ0n) is 17.5. The van der Waals surface area contributed by atoms with Gasteiger partial charge in [-0.15, -0.1) is 0 Å². The van der Waals surface area contributed by atoms with Gasteiger partial charge in [-0.25, -0.2) is 4.68 Å². The fourth-order valence-corrected chi connectivity index (χ4v) is 4.21. The number of methoxy groups -OCH3 is 1. The molecule has 0 saturated heterocycles. The van der Waals surface area contributed by atoms with Crippen LogP contribution in [0.25, 0.3) is 16.8 Å². The van der Waals surface area contributed by atoms with E-state index in [1.54, 1.807) is 55.6 Å². The molecule has 1 heterocycles. The minimum absolute atomic E-state index is 0.124. The summed E-state index contributed by atoms with van der Waals surface area (Å²) < 4.78 is 52.3. The molecule has 4 aromatic rings. The Morgan fingerprint density at radius 1 is 0.882 bits per heavy atom. The van der Waals surface area contributed by atoms with Gasteiger partial charge in [0.15, 0.2) is 5.69 Å². The number of halogens is 6. The highest BCUT2D eigenvalue weighted by atomic mass is 35.5. The molecule has 176 valence electrons. The summed E-state index contributed by atoms with van der Waals surface area (Å²) >= 11 is 18.7. The second-order valence-electron chi connectivity index (χ2n) is 7.13. The van der Waals surface area contributed by atoms with Crippen LogP contribution in [-0.4, -0.2) is 16.9 Å². The van der Waals surface area contributed by atoms with Gasteiger partial charge in [-0.2, -0.15) is 18.3 Å². The molecule has 0 fully saturated rings. The van der Waals surface area contributed by atoms with E-state index in [-0.39, 0.29) is 28.0 Å². The highest BCUT2D eigenvalue weighted by Gasteiger charge is 2.35. The quantitative estimate of drug-likeness (QED) is 0.254. The summed E-state index contributed by atoms with van der Waals surface area (Å²) in [6.07, 6.45) is -4.65. The molecule has 0 spiro atoms. The normalized spacial score (nSPS) is 11.5. The lowest BCUT2D eigenvalue weighted by Crippen LogP contribution is -2.09. The first-order chi connectivity index (χ1) is 16.2. The lowest BCUT2D eigenvalue weighted by atomic mass is 10.0. The van der Waals surface area contributed by atoms with Crippen LogP contribution in [0.15, 0.2) is 66.7 Å². The van der Waals surface area contributed by atoms with Crippen molar-refractivity contribution < 1.29 is 22.6 Å². The van der Waals surface area contributed by atoms with Gasteiger partial charge < -0.3 is 9.47 Å². The molecule has 3 aromatic carbocycles. The van der Waals surface area contributed by atoms with E-state index in [2.05, 4.69) is 5.10 Å². The van der Waals surface area contributed by atoms with E-state index in [9.17, 15) is 13.2 Å². The zero-order valence-corrected chi connectivity index (χ0v) is 19.8. The number of ether oxygens (including phenoxy) is 2. The molecule has 0 saturated carbocycles. The Morgan fingerprint density at radius 3 is 2.12 bits per heavy atom. The first kappa shape index (κ1) is 24.3. The van der Waals surface area contributed by atoms with Crippen molar-refractivity contribution in [1.29, 1.82) is 0 Å². The predicted molar refractivity (Wildman–Crippen MR) is 126 cm³/mol. The Kier molecular flexibility index (Phi) is 6.98. The summed E-state index contributed by atoms with van der Waals surface area (Å²) in [6.45, 7) is -0.209. The van der Waals surface area contributed by atoms with Gasteiger partial charge in [0.1, 0.15) is 23.8 Å². The molecule has 1 aromatic heterocycles. The largest absolute Gasteiger partial charge is 0.496 e. The average molecular weight is 528 g/mol. The third-order valence-electron chi connectivity index (χ3n) is 4.95. The molecule has 0 unspecified atom stereocenters.